The summed E-state index contributed by atoms with van der Waals surface area (Å²) in [5.41, 5.74) is 0.192. The van der Waals surface area contributed by atoms with E-state index in [4.69, 9.17) is 16.3 Å². The monoisotopic (exact) mass is 497 g/mol. The molecule has 2 amide bonds. The maximum absolute atomic E-state index is 13.0. The predicted octanol–water partition coefficient (Wildman–Crippen LogP) is 3.63. The first kappa shape index (κ1) is 24.4. The van der Waals surface area contributed by atoms with E-state index in [0.717, 1.165) is 0 Å². The fourth-order valence-electron chi connectivity index (χ4n) is 3.10. The first-order valence-electron chi connectivity index (χ1n) is 9.97. The number of sulfonamides is 1. The van der Waals surface area contributed by atoms with Gasteiger partial charge in [-0.15, -0.1) is 11.8 Å². The molecule has 0 aromatic heterocycles. The third-order valence-corrected chi connectivity index (χ3v) is 8.01. The average molecular weight is 498 g/mol. The molecule has 0 atom stereocenters. The number of nitrogens with one attached hydrogen (secondary N) is 1. The normalized spacial score (nSPS) is 14.1. The molecule has 0 saturated carbocycles. The van der Waals surface area contributed by atoms with E-state index in [1.54, 1.807) is 38.1 Å². The van der Waals surface area contributed by atoms with Crippen LogP contribution in [0.2, 0.25) is 5.02 Å². The molecule has 0 bridgehead atoms. The van der Waals surface area contributed by atoms with Crippen LogP contribution in [0.3, 0.4) is 0 Å². The first-order chi connectivity index (χ1) is 15.2. The number of hydrogen-bond acceptors (Lipinski definition) is 6. The number of rotatable bonds is 9. The molecule has 1 aliphatic rings. The first-order valence-corrected chi connectivity index (χ1v) is 12.9. The molecule has 1 N–H and O–H groups in total. The Bertz CT molecular complexity index is 1090. The molecule has 2 aromatic rings. The van der Waals surface area contributed by atoms with Crippen molar-refractivity contribution < 1.29 is 22.7 Å². The van der Waals surface area contributed by atoms with Gasteiger partial charge in [-0.1, -0.05) is 25.4 Å². The highest BCUT2D eigenvalue weighted by molar-refractivity contribution is 8.00. The summed E-state index contributed by atoms with van der Waals surface area (Å²) in [6.07, 6.45) is 0. The van der Waals surface area contributed by atoms with Gasteiger partial charge in [0, 0.05) is 18.1 Å². The van der Waals surface area contributed by atoms with Crippen LogP contribution in [0.25, 0.3) is 0 Å². The molecule has 1 saturated heterocycles. The second kappa shape index (κ2) is 10.6. The van der Waals surface area contributed by atoms with Crippen molar-refractivity contribution in [3.05, 3.63) is 47.5 Å². The lowest BCUT2D eigenvalue weighted by Crippen LogP contribution is -2.34. The van der Waals surface area contributed by atoms with E-state index in [0.29, 0.717) is 35.5 Å². The van der Waals surface area contributed by atoms with E-state index in [1.165, 1.54) is 39.2 Å². The van der Waals surface area contributed by atoms with E-state index in [2.05, 4.69) is 5.32 Å². The van der Waals surface area contributed by atoms with Gasteiger partial charge in [0.05, 0.1) is 22.2 Å². The van der Waals surface area contributed by atoms with Crippen LogP contribution < -0.4 is 10.1 Å². The topological polar surface area (TPSA) is 96.0 Å². The average Bonchev–Trinajstić information content (AvgIpc) is 3.15. The lowest BCUT2D eigenvalue weighted by molar-refractivity contribution is -0.130. The van der Waals surface area contributed by atoms with Gasteiger partial charge in [0.1, 0.15) is 12.3 Å². The molecule has 2 aromatic carbocycles. The number of amides is 2. The molecule has 0 aliphatic carbocycles. The number of hydrogen-bond donors (Lipinski definition) is 1. The number of ether oxygens (including phenoxy) is 1. The zero-order valence-corrected chi connectivity index (χ0v) is 20.1. The predicted molar refractivity (Wildman–Crippen MR) is 126 cm³/mol. The van der Waals surface area contributed by atoms with Crippen LogP contribution >= 0.6 is 23.4 Å². The molecule has 0 spiro atoms. The minimum absolute atomic E-state index is 0.0350. The summed E-state index contributed by atoms with van der Waals surface area (Å²) in [4.78, 5) is 25.9. The molecular formula is C21H24ClN3O5S2. The Morgan fingerprint density at radius 1 is 1.19 bits per heavy atom. The Hall–Kier alpha value is -2.27. The quantitative estimate of drug-likeness (QED) is 0.568. The van der Waals surface area contributed by atoms with Gasteiger partial charge in [0.2, 0.25) is 21.8 Å². The summed E-state index contributed by atoms with van der Waals surface area (Å²) in [5, 5.41) is 3.24. The number of carbonyl (C=O) groups is 2. The van der Waals surface area contributed by atoms with E-state index in [-0.39, 0.29) is 28.8 Å². The minimum Gasteiger partial charge on any atom is -0.455 e. The molecule has 8 nitrogen and oxygen atoms in total. The second-order valence-electron chi connectivity index (χ2n) is 6.92. The fourth-order valence-corrected chi connectivity index (χ4v) is 5.62. The van der Waals surface area contributed by atoms with Gasteiger partial charge in [-0.05, 0) is 42.5 Å². The van der Waals surface area contributed by atoms with E-state index in [1.807, 2.05) is 0 Å². The van der Waals surface area contributed by atoms with Gasteiger partial charge in [-0.25, -0.2) is 8.42 Å². The number of halogens is 1. The Balaban J connectivity index is 1.92. The van der Waals surface area contributed by atoms with Gasteiger partial charge in [0.25, 0.3) is 0 Å². The maximum atomic E-state index is 13.0. The third kappa shape index (κ3) is 5.74. The SMILES string of the molecule is CCN(CC)S(=O)(=O)c1ccc(Oc2ccc(Cl)cc2)c(NC(=O)CN2CSCC2=O)c1. The number of carbonyl (C=O) groups excluding carboxylic acids is 2. The highest BCUT2D eigenvalue weighted by Crippen LogP contribution is 2.33. The molecule has 1 aliphatic heterocycles. The Kier molecular flexibility index (Phi) is 8.05. The molecular weight excluding hydrogens is 474 g/mol. The summed E-state index contributed by atoms with van der Waals surface area (Å²) in [7, 11) is -3.74. The van der Waals surface area contributed by atoms with Crippen molar-refractivity contribution in [3.8, 4) is 11.5 Å². The van der Waals surface area contributed by atoms with Gasteiger partial charge in [0.15, 0.2) is 5.75 Å². The summed E-state index contributed by atoms with van der Waals surface area (Å²) < 4.78 is 33.1. The standard InChI is InChI=1S/C21H24ClN3O5S2/c1-3-25(4-2)32(28,29)17-9-10-19(30-16-7-5-15(22)6-8-16)18(11-17)23-20(26)12-24-14-31-13-21(24)27/h5-11H,3-4,12-14H2,1-2H3,(H,23,26). The molecule has 172 valence electrons. The van der Waals surface area contributed by atoms with Crippen LogP contribution in [0.5, 0.6) is 11.5 Å². The number of thioether (sulfide) groups is 1. The van der Waals surface area contributed by atoms with E-state index < -0.39 is 15.9 Å². The largest absolute Gasteiger partial charge is 0.455 e. The second-order valence-corrected chi connectivity index (χ2v) is 10.3. The summed E-state index contributed by atoms with van der Waals surface area (Å²) >= 11 is 7.35. The zero-order chi connectivity index (χ0) is 23.3. The molecule has 1 heterocycles. The highest BCUT2D eigenvalue weighted by atomic mass is 35.5. The van der Waals surface area contributed by atoms with E-state index >= 15 is 0 Å². The van der Waals surface area contributed by atoms with Crippen LogP contribution in [-0.4, -0.2) is 60.7 Å². The maximum Gasteiger partial charge on any atom is 0.244 e. The summed E-state index contributed by atoms with van der Waals surface area (Å²) in [6.45, 7) is 4.02. The lowest BCUT2D eigenvalue weighted by atomic mass is 10.2. The fraction of sp³-hybridized carbons (Fsp3) is 0.333. The zero-order valence-electron chi connectivity index (χ0n) is 17.7. The van der Waals surface area contributed by atoms with Crippen LogP contribution in [0.15, 0.2) is 47.4 Å². The Labute approximate surface area is 196 Å². The van der Waals surface area contributed by atoms with Gasteiger partial charge in [-0.2, -0.15) is 4.31 Å². The smallest absolute Gasteiger partial charge is 0.244 e. The molecule has 0 radical (unpaired) electrons. The van der Waals surface area contributed by atoms with Crippen molar-refractivity contribution in [2.75, 3.05) is 36.6 Å². The molecule has 3 rings (SSSR count). The number of benzene rings is 2. The van der Waals surface area contributed by atoms with Crippen molar-refractivity contribution in [2.45, 2.75) is 18.7 Å². The van der Waals surface area contributed by atoms with Gasteiger partial charge < -0.3 is 15.0 Å². The third-order valence-electron chi connectivity index (χ3n) is 4.77. The Morgan fingerprint density at radius 2 is 1.88 bits per heavy atom. The summed E-state index contributed by atoms with van der Waals surface area (Å²) in [6, 6.07) is 10.9. The Morgan fingerprint density at radius 3 is 2.47 bits per heavy atom. The van der Waals surface area contributed by atoms with Crippen LogP contribution in [0.4, 0.5) is 5.69 Å². The number of nitrogens with zero attached hydrogens (tertiary/aromatic N) is 2. The van der Waals surface area contributed by atoms with Crippen molar-refractivity contribution >= 4 is 50.9 Å². The van der Waals surface area contributed by atoms with Crippen molar-refractivity contribution in [1.82, 2.24) is 9.21 Å². The molecule has 32 heavy (non-hydrogen) atoms. The number of anilines is 1. The van der Waals surface area contributed by atoms with Crippen LogP contribution in [-0.2, 0) is 19.6 Å². The minimum atomic E-state index is -3.74. The molecule has 1 fully saturated rings. The van der Waals surface area contributed by atoms with Crippen LogP contribution in [0, 0.1) is 0 Å². The lowest BCUT2D eigenvalue weighted by Gasteiger charge is -2.20. The van der Waals surface area contributed by atoms with E-state index in [9.17, 15) is 18.0 Å². The van der Waals surface area contributed by atoms with Gasteiger partial charge >= 0.3 is 0 Å². The van der Waals surface area contributed by atoms with Crippen molar-refractivity contribution in [2.24, 2.45) is 0 Å². The summed E-state index contributed by atoms with van der Waals surface area (Å²) in [5.74, 6) is 0.962. The van der Waals surface area contributed by atoms with Crippen LogP contribution in [0.1, 0.15) is 13.8 Å². The van der Waals surface area contributed by atoms with Crippen molar-refractivity contribution in [3.63, 3.8) is 0 Å². The highest BCUT2D eigenvalue weighted by Gasteiger charge is 2.26. The van der Waals surface area contributed by atoms with Gasteiger partial charge in [-0.3, -0.25) is 9.59 Å². The molecule has 0 unspecified atom stereocenters. The van der Waals surface area contributed by atoms with Crippen molar-refractivity contribution in [1.29, 1.82) is 0 Å². The molecule has 11 heteroatoms.